The molecule has 0 spiro atoms. The van der Waals surface area contributed by atoms with E-state index in [1.807, 2.05) is 42.3 Å². The summed E-state index contributed by atoms with van der Waals surface area (Å²) < 4.78 is 0. The van der Waals surface area contributed by atoms with E-state index in [-0.39, 0.29) is 6.10 Å². The predicted octanol–water partition coefficient (Wildman–Crippen LogP) is 1.64. The van der Waals surface area contributed by atoms with Crippen molar-refractivity contribution in [2.24, 2.45) is 5.84 Å². The van der Waals surface area contributed by atoms with Gasteiger partial charge in [0, 0.05) is 25.2 Å². The fourth-order valence-corrected chi connectivity index (χ4v) is 1.92. The summed E-state index contributed by atoms with van der Waals surface area (Å²) in [6, 6.07) is 11.5. The summed E-state index contributed by atoms with van der Waals surface area (Å²) in [6.07, 6.45) is 0.335. The maximum Gasteiger partial charge on any atom is 0.163 e. The number of rotatable bonds is 6. The summed E-state index contributed by atoms with van der Waals surface area (Å²) in [6.45, 7) is 2.48. The van der Waals surface area contributed by atoms with E-state index in [1.165, 1.54) is 0 Å². The van der Waals surface area contributed by atoms with Gasteiger partial charge in [-0.15, -0.1) is 0 Å². The largest absolute Gasteiger partial charge is 0.393 e. The maximum atomic E-state index is 9.39. The number of nitrogen functional groups attached to an aromatic ring is 1. The van der Waals surface area contributed by atoms with Gasteiger partial charge in [0.05, 0.1) is 6.10 Å². The van der Waals surface area contributed by atoms with E-state index in [9.17, 15) is 5.11 Å². The minimum absolute atomic E-state index is 0.338. The third-order valence-electron chi connectivity index (χ3n) is 3.17. The van der Waals surface area contributed by atoms with Gasteiger partial charge in [0.25, 0.3) is 0 Å². The molecule has 0 aliphatic heterocycles. The van der Waals surface area contributed by atoms with Crippen LogP contribution in [0.1, 0.15) is 13.3 Å². The molecule has 2 aromatic rings. The number of aromatic nitrogens is 2. The zero-order valence-corrected chi connectivity index (χ0v) is 12.3. The minimum atomic E-state index is -0.338. The highest BCUT2D eigenvalue weighted by Gasteiger charge is 2.10. The average molecular weight is 287 g/mol. The Kier molecular flexibility index (Phi) is 5.08. The fourth-order valence-electron chi connectivity index (χ4n) is 1.92. The summed E-state index contributed by atoms with van der Waals surface area (Å²) >= 11 is 0. The lowest BCUT2D eigenvalue weighted by Crippen LogP contribution is -2.23. The Bertz CT molecular complexity index is 574. The molecule has 0 bridgehead atoms. The van der Waals surface area contributed by atoms with Gasteiger partial charge in [-0.05, 0) is 13.3 Å². The van der Waals surface area contributed by atoms with Gasteiger partial charge in [-0.1, -0.05) is 30.3 Å². The molecule has 0 radical (unpaired) electrons. The monoisotopic (exact) mass is 287 g/mol. The first-order chi connectivity index (χ1) is 10.1. The van der Waals surface area contributed by atoms with Crippen LogP contribution in [0.25, 0.3) is 11.4 Å². The summed E-state index contributed by atoms with van der Waals surface area (Å²) in [5, 5.41) is 9.39. The Morgan fingerprint density at radius 1 is 1.29 bits per heavy atom. The van der Waals surface area contributed by atoms with Gasteiger partial charge in [-0.2, -0.15) is 0 Å². The normalized spacial score (nSPS) is 12.0. The van der Waals surface area contributed by atoms with Gasteiger partial charge in [0.1, 0.15) is 11.6 Å². The fraction of sp³-hybridized carbons (Fsp3) is 0.333. The molecule has 0 fully saturated rings. The number of hydrazine groups is 1. The number of benzene rings is 1. The van der Waals surface area contributed by atoms with Crippen molar-refractivity contribution in [2.75, 3.05) is 23.9 Å². The third-order valence-corrected chi connectivity index (χ3v) is 3.17. The molecule has 0 amide bonds. The lowest BCUT2D eigenvalue weighted by Gasteiger charge is -2.20. The van der Waals surface area contributed by atoms with Crippen LogP contribution in [0.5, 0.6) is 0 Å². The molecule has 0 aliphatic rings. The Labute approximate surface area is 124 Å². The van der Waals surface area contributed by atoms with Crippen LogP contribution in [-0.2, 0) is 0 Å². The van der Waals surface area contributed by atoms with Crippen LogP contribution >= 0.6 is 0 Å². The molecule has 21 heavy (non-hydrogen) atoms. The van der Waals surface area contributed by atoms with E-state index >= 15 is 0 Å². The molecule has 1 aromatic carbocycles. The molecular weight excluding hydrogens is 266 g/mol. The lowest BCUT2D eigenvalue weighted by atomic mass is 10.2. The quantitative estimate of drug-likeness (QED) is 0.553. The first-order valence-corrected chi connectivity index (χ1v) is 6.90. The molecule has 4 N–H and O–H groups in total. The highest BCUT2D eigenvalue weighted by Crippen LogP contribution is 2.21. The minimum Gasteiger partial charge on any atom is -0.393 e. The summed E-state index contributed by atoms with van der Waals surface area (Å²) in [7, 11) is 1.93. The molecule has 0 saturated heterocycles. The zero-order valence-electron chi connectivity index (χ0n) is 12.3. The molecule has 0 aliphatic carbocycles. The lowest BCUT2D eigenvalue weighted by molar-refractivity contribution is 0.187. The highest BCUT2D eigenvalue weighted by molar-refractivity contribution is 5.61. The molecule has 1 unspecified atom stereocenters. The smallest absolute Gasteiger partial charge is 0.163 e. The number of nitrogens with two attached hydrogens (primary N) is 1. The van der Waals surface area contributed by atoms with Crippen LogP contribution < -0.4 is 16.2 Å². The van der Waals surface area contributed by atoms with E-state index in [1.54, 1.807) is 13.0 Å². The first-order valence-electron chi connectivity index (χ1n) is 6.90. The number of hydrogen-bond donors (Lipinski definition) is 3. The zero-order chi connectivity index (χ0) is 15.2. The Hall–Kier alpha value is -2.18. The number of nitrogens with zero attached hydrogens (tertiary/aromatic N) is 3. The van der Waals surface area contributed by atoms with Gasteiger partial charge in [0.15, 0.2) is 5.82 Å². The van der Waals surface area contributed by atoms with Crippen LogP contribution in [0.4, 0.5) is 11.6 Å². The van der Waals surface area contributed by atoms with E-state index in [2.05, 4.69) is 15.4 Å². The first kappa shape index (κ1) is 15.2. The average Bonchev–Trinajstić information content (AvgIpc) is 2.52. The Morgan fingerprint density at radius 3 is 2.62 bits per heavy atom. The molecule has 6 heteroatoms. The van der Waals surface area contributed by atoms with Gasteiger partial charge < -0.3 is 15.4 Å². The summed E-state index contributed by atoms with van der Waals surface area (Å²) in [5.41, 5.74) is 3.50. The van der Waals surface area contributed by atoms with Crippen molar-refractivity contribution in [3.8, 4) is 11.4 Å². The Morgan fingerprint density at radius 2 is 2.00 bits per heavy atom. The molecule has 112 valence electrons. The summed E-state index contributed by atoms with van der Waals surface area (Å²) in [5.74, 6) is 7.42. The number of hydrogen-bond acceptors (Lipinski definition) is 6. The molecule has 6 nitrogen and oxygen atoms in total. The van der Waals surface area contributed by atoms with Crippen LogP contribution in [-0.4, -0.2) is 34.8 Å². The topological polar surface area (TPSA) is 87.3 Å². The van der Waals surface area contributed by atoms with Crippen molar-refractivity contribution < 1.29 is 5.11 Å². The van der Waals surface area contributed by atoms with Gasteiger partial charge in [-0.25, -0.2) is 15.8 Å². The van der Waals surface area contributed by atoms with Crippen molar-refractivity contribution in [1.29, 1.82) is 0 Å². The SMILES string of the molecule is CC(O)CCN(C)c1cc(NN)nc(-c2ccccc2)n1. The van der Waals surface area contributed by atoms with Crippen molar-refractivity contribution in [3.05, 3.63) is 36.4 Å². The summed E-state index contributed by atoms with van der Waals surface area (Å²) in [4.78, 5) is 10.9. The molecule has 0 saturated carbocycles. The second-order valence-electron chi connectivity index (χ2n) is 5.00. The van der Waals surface area contributed by atoms with Crippen LogP contribution in [0.2, 0.25) is 0 Å². The molecule has 1 atom stereocenters. The number of aliphatic hydroxyl groups is 1. The van der Waals surface area contributed by atoms with Crippen LogP contribution in [0.3, 0.4) is 0 Å². The van der Waals surface area contributed by atoms with Crippen LogP contribution in [0.15, 0.2) is 36.4 Å². The molecule has 1 heterocycles. The van der Waals surface area contributed by atoms with Gasteiger partial charge >= 0.3 is 0 Å². The van der Waals surface area contributed by atoms with E-state index in [0.29, 0.717) is 24.6 Å². The number of aliphatic hydroxyl groups excluding tert-OH is 1. The maximum absolute atomic E-state index is 9.39. The Balaban J connectivity index is 2.29. The van der Waals surface area contributed by atoms with Crippen molar-refractivity contribution in [1.82, 2.24) is 9.97 Å². The van der Waals surface area contributed by atoms with E-state index < -0.39 is 0 Å². The van der Waals surface area contributed by atoms with Crippen molar-refractivity contribution in [3.63, 3.8) is 0 Å². The second kappa shape index (κ2) is 7.01. The van der Waals surface area contributed by atoms with Gasteiger partial charge in [-0.3, -0.25) is 0 Å². The standard InChI is InChI=1S/C15H21N5O/c1-11(21)8-9-20(2)14-10-13(19-16)17-15(18-14)12-6-4-3-5-7-12/h3-7,10-11,21H,8-9,16H2,1-2H3,(H,17,18,19). The number of nitrogens with one attached hydrogen (secondary N) is 1. The highest BCUT2D eigenvalue weighted by atomic mass is 16.3. The molecule has 1 aromatic heterocycles. The predicted molar refractivity (Wildman–Crippen MR) is 84.8 cm³/mol. The van der Waals surface area contributed by atoms with E-state index in [4.69, 9.17) is 5.84 Å². The van der Waals surface area contributed by atoms with Crippen molar-refractivity contribution >= 4 is 11.6 Å². The van der Waals surface area contributed by atoms with E-state index in [0.717, 1.165) is 11.4 Å². The molecule has 2 rings (SSSR count). The molecular formula is C15H21N5O. The van der Waals surface area contributed by atoms with Crippen molar-refractivity contribution in [2.45, 2.75) is 19.4 Å². The van der Waals surface area contributed by atoms with Crippen LogP contribution in [0, 0.1) is 0 Å². The number of anilines is 2. The van der Waals surface area contributed by atoms with Gasteiger partial charge in [0.2, 0.25) is 0 Å². The second-order valence-corrected chi connectivity index (χ2v) is 5.00. The third kappa shape index (κ3) is 4.14.